The Labute approximate surface area is 114 Å². The molecule has 0 bridgehead atoms. The first-order valence-electron chi connectivity index (χ1n) is 7.22. The molecule has 0 atom stereocenters. The van der Waals surface area contributed by atoms with Crippen LogP contribution in [0.25, 0.3) is 0 Å². The summed E-state index contributed by atoms with van der Waals surface area (Å²) in [6.07, 6.45) is 5.79. The van der Waals surface area contributed by atoms with Crippen molar-refractivity contribution in [2.24, 2.45) is 0 Å². The van der Waals surface area contributed by atoms with Gasteiger partial charge in [-0.2, -0.15) is 0 Å². The van der Waals surface area contributed by atoms with Crippen molar-refractivity contribution in [3.8, 4) is 0 Å². The SMILES string of the molecule is O=C(NCc1cccc2c1NCCC2)NC1CCC1. The van der Waals surface area contributed by atoms with Crippen molar-refractivity contribution in [3.05, 3.63) is 29.3 Å². The lowest BCUT2D eigenvalue weighted by Gasteiger charge is -2.26. The van der Waals surface area contributed by atoms with Crippen LogP contribution in [0.3, 0.4) is 0 Å². The predicted molar refractivity (Wildman–Crippen MR) is 76.3 cm³/mol. The number of fused-ring (bicyclic) bond motifs is 1. The molecule has 1 aliphatic heterocycles. The molecule has 1 fully saturated rings. The van der Waals surface area contributed by atoms with Crippen molar-refractivity contribution < 1.29 is 4.79 Å². The number of hydrogen-bond acceptors (Lipinski definition) is 2. The topological polar surface area (TPSA) is 53.2 Å². The molecule has 1 aromatic rings. The van der Waals surface area contributed by atoms with Crippen LogP contribution in [0.2, 0.25) is 0 Å². The van der Waals surface area contributed by atoms with Crippen LogP contribution >= 0.6 is 0 Å². The summed E-state index contributed by atoms with van der Waals surface area (Å²) in [7, 11) is 0. The number of para-hydroxylation sites is 1. The minimum Gasteiger partial charge on any atom is -0.385 e. The summed E-state index contributed by atoms with van der Waals surface area (Å²) in [5.41, 5.74) is 3.77. The Balaban J connectivity index is 1.58. The maximum absolute atomic E-state index is 11.7. The fourth-order valence-electron chi connectivity index (χ4n) is 2.69. The summed E-state index contributed by atoms with van der Waals surface area (Å²) in [4.78, 5) is 11.7. The minimum atomic E-state index is -0.0434. The molecule has 0 spiro atoms. The predicted octanol–water partition coefficient (Wildman–Crippen LogP) is 2.40. The van der Waals surface area contributed by atoms with Crippen LogP contribution in [0.15, 0.2) is 18.2 Å². The van der Waals surface area contributed by atoms with E-state index in [0.717, 1.165) is 25.8 Å². The molecule has 1 aromatic carbocycles. The Morgan fingerprint density at radius 1 is 1.32 bits per heavy atom. The van der Waals surface area contributed by atoms with E-state index >= 15 is 0 Å². The van der Waals surface area contributed by atoms with Crippen molar-refractivity contribution in [2.75, 3.05) is 11.9 Å². The van der Waals surface area contributed by atoms with Gasteiger partial charge >= 0.3 is 6.03 Å². The van der Waals surface area contributed by atoms with Gasteiger partial charge in [0, 0.05) is 24.8 Å². The lowest BCUT2D eigenvalue weighted by atomic mass is 9.93. The number of hydrogen-bond donors (Lipinski definition) is 3. The van der Waals surface area contributed by atoms with Crippen LogP contribution in [0, 0.1) is 0 Å². The molecule has 1 saturated carbocycles. The Kier molecular flexibility index (Phi) is 3.58. The highest BCUT2D eigenvalue weighted by Gasteiger charge is 2.19. The number of carbonyl (C=O) groups is 1. The second kappa shape index (κ2) is 5.51. The lowest BCUT2D eigenvalue weighted by Crippen LogP contribution is -2.44. The first kappa shape index (κ1) is 12.3. The number of amides is 2. The summed E-state index contributed by atoms with van der Waals surface area (Å²) in [6.45, 7) is 1.62. The van der Waals surface area contributed by atoms with Gasteiger partial charge in [0.15, 0.2) is 0 Å². The molecule has 0 saturated heterocycles. The quantitative estimate of drug-likeness (QED) is 0.780. The van der Waals surface area contributed by atoms with Gasteiger partial charge in [0.25, 0.3) is 0 Å². The van der Waals surface area contributed by atoms with Gasteiger partial charge in [-0.05, 0) is 43.2 Å². The van der Waals surface area contributed by atoms with E-state index in [1.807, 2.05) is 0 Å². The van der Waals surface area contributed by atoms with Crippen molar-refractivity contribution in [1.29, 1.82) is 0 Å². The van der Waals surface area contributed by atoms with Crippen molar-refractivity contribution in [1.82, 2.24) is 10.6 Å². The van der Waals surface area contributed by atoms with Crippen LogP contribution in [-0.2, 0) is 13.0 Å². The molecular weight excluding hydrogens is 238 g/mol. The number of rotatable bonds is 3. The van der Waals surface area contributed by atoms with Crippen molar-refractivity contribution in [3.63, 3.8) is 0 Å². The Bertz CT molecular complexity index is 468. The molecule has 2 amide bonds. The standard InChI is InChI=1S/C15H21N3O/c19-15(18-13-7-2-8-13)17-10-12-5-1-4-11-6-3-9-16-14(11)12/h1,4-5,13,16H,2-3,6-10H2,(H2,17,18,19). The molecule has 19 heavy (non-hydrogen) atoms. The zero-order chi connectivity index (χ0) is 13.1. The largest absolute Gasteiger partial charge is 0.385 e. The van der Waals surface area contributed by atoms with Crippen LogP contribution in [0.1, 0.15) is 36.8 Å². The number of carbonyl (C=O) groups excluding carboxylic acids is 1. The molecule has 4 heteroatoms. The van der Waals surface area contributed by atoms with E-state index < -0.39 is 0 Å². The summed E-state index contributed by atoms with van der Waals surface area (Å²) in [5.74, 6) is 0. The molecule has 3 rings (SSSR count). The molecule has 1 aliphatic carbocycles. The van der Waals surface area contributed by atoms with Gasteiger partial charge in [-0.1, -0.05) is 18.2 Å². The summed E-state index contributed by atoms with van der Waals surface area (Å²) in [5, 5.41) is 9.40. The van der Waals surface area contributed by atoms with E-state index in [1.54, 1.807) is 0 Å². The molecule has 0 unspecified atom stereocenters. The van der Waals surface area contributed by atoms with Gasteiger partial charge in [-0.25, -0.2) is 4.79 Å². The average Bonchev–Trinajstić information content (AvgIpc) is 2.40. The smallest absolute Gasteiger partial charge is 0.315 e. The van der Waals surface area contributed by atoms with Gasteiger partial charge in [-0.15, -0.1) is 0 Å². The third-order valence-electron chi connectivity index (χ3n) is 4.04. The van der Waals surface area contributed by atoms with Gasteiger partial charge in [0.05, 0.1) is 0 Å². The van der Waals surface area contributed by atoms with E-state index in [1.165, 1.54) is 29.7 Å². The van der Waals surface area contributed by atoms with Gasteiger partial charge in [0.2, 0.25) is 0 Å². The summed E-state index contributed by atoms with van der Waals surface area (Å²) in [6, 6.07) is 6.67. The third-order valence-corrected chi connectivity index (χ3v) is 4.04. The van der Waals surface area contributed by atoms with Gasteiger partial charge in [0.1, 0.15) is 0 Å². The fraction of sp³-hybridized carbons (Fsp3) is 0.533. The number of urea groups is 1. The fourth-order valence-corrected chi connectivity index (χ4v) is 2.69. The maximum Gasteiger partial charge on any atom is 0.315 e. The van der Waals surface area contributed by atoms with E-state index in [9.17, 15) is 4.79 Å². The molecule has 3 N–H and O–H groups in total. The third kappa shape index (κ3) is 2.83. The van der Waals surface area contributed by atoms with E-state index in [0.29, 0.717) is 12.6 Å². The Morgan fingerprint density at radius 2 is 2.21 bits per heavy atom. The van der Waals surface area contributed by atoms with Crippen LogP contribution in [0.4, 0.5) is 10.5 Å². The number of aryl methyl sites for hydroxylation is 1. The second-order valence-corrected chi connectivity index (χ2v) is 5.44. The average molecular weight is 259 g/mol. The van der Waals surface area contributed by atoms with Crippen LogP contribution in [0.5, 0.6) is 0 Å². The van der Waals surface area contributed by atoms with E-state index in [2.05, 4.69) is 34.1 Å². The molecule has 1 heterocycles. The molecule has 0 radical (unpaired) electrons. The minimum absolute atomic E-state index is 0.0434. The molecule has 4 nitrogen and oxygen atoms in total. The normalized spacial score (nSPS) is 17.9. The van der Waals surface area contributed by atoms with Crippen molar-refractivity contribution >= 4 is 11.7 Å². The second-order valence-electron chi connectivity index (χ2n) is 5.44. The molecule has 102 valence electrons. The molecule has 2 aliphatic rings. The summed E-state index contributed by atoms with van der Waals surface area (Å²) >= 11 is 0. The zero-order valence-corrected chi connectivity index (χ0v) is 11.2. The maximum atomic E-state index is 11.7. The molecular formula is C15H21N3O. The van der Waals surface area contributed by atoms with Gasteiger partial charge in [-0.3, -0.25) is 0 Å². The highest BCUT2D eigenvalue weighted by molar-refractivity contribution is 5.74. The van der Waals surface area contributed by atoms with Crippen molar-refractivity contribution in [2.45, 2.75) is 44.7 Å². The van der Waals surface area contributed by atoms with E-state index in [4.69, 9.17) is 0 Å². The van der Waals surface area contributed by atoms with Gasteiger partial charge < -0.3 is 16.0 Å². The monoisotopic (exact) mass is 259 g/mol. The first-order valence-corrected chi connectivity index (χ1v) is 7.22. The highest BCUT2D eigenvalue weighted by Crippen LogP contribution is 2.25. The molecule has 0 aromatic heterocycles. The van der Waals surface area contributed by atoms with E-state index in [-0.39, 0.29) is 6.03 Å². The number of benzene rings is 1. The Hall–Kier alpha value is -1.71. The summed E-state index contributed by atoms with van der Waals surface area (Å²) < 4.78 is 0. The first-order chi connectivity index (χ1) is 9.33. The number of nitrogens with one attached hydrogen (secondary N) is 3. The lowest BCUT2D eigenvalue weighted by molar-refractivity contribution is 0.228. The van der Waals surface area contributed by atoms with Crippen LogP contribution in [-0.4, -0.2) is 18.6 Å². The van der Waals surface area contributed by atoms with Crippen LogP contribution < -0.4 is 16.0 Å². The Morgan fingerprint density at radius 3 is 3.00 bits per heavy atom. The number of anilines is 1. The zero-order valence-electron chi connectivity index (χ0n) is 11.2. The highest BCUT2D eigenvalue weighted by atomic mass is 16.2.